The van der Waals surface area contributed by atoms with Gasteiger partial charge in [-0.3, -0.25) is 0 Å². The molecule has 24 rings (SSSR count). The minimum absolute atomic E-state index is 0.187. The standard InChI is InChI=1S/C110H74N8/c1-109(2)90-33-15-8-25-79(90)81-57-47-72(63-92(81)109)107-111-94(68-43-53-76(54-44-68)116-98-35-17-10-27-83(98)84-28-11-18-36-99(84)116)65-95(112-107)69-45-55-77(56-46-69)118-102-39-21-14-31-87(102)106-78(32-22-40-105(106)118)67-41-51-75(52-42-67)117-101-38-20-13-30-86(101)89-62-71(50-60-104(89)117)97-66-96(113-108(114-97)73-48-58-82-80-26-9-16-34-91(80)110(3,4)93(82)64-73)70-49-59-103-88(61-70)85-29-12-19-37-100(85)115(103)74-23-6-5-7-24-74/h5-66H,1-4H3. The molecule has 0 radical (unpaired) electrons. The summed E-state index contributed by atoms with van der Waals surface area (Å²) in [5.41, 5.74) is 35.2. The van der Waals surface area contributed by atoms with Crippen molar-refractivity contribution in [3.05, 3.63) is 398 Å². The Balaban J connectivity index is 0.583. The van der Waals surface area contributed by atoms with E-state index in [1.165, 1.54) is 98.8 Å². The van der Waals surface area contributed by atoms with Gasteiger partial charge in [0.25, 0.3) is 0 Å². The van der Waals surface area contributed by atoms with Gasteiger partial charge >= 0.3 is 0 Å². The van der Waals surface area contributed by atoms with Gasteiger partial charge in [0.1, 0.15) is 0 Å². The molecular formula is C110H74N8. The smallest absolute Gasteiger partial charge is 0.160 e. The van der Waals surface area contributed by atoms with Crippen molar-refractivity contribution in [1.82, 2.24) is 38.2 Å². The van der Waals surface area contributed by atoms with Gasteiger partial charge in [-0.15, -0.1) is 0 Å². The Morgan fingerprint density at radius 3 is 0.924 bits per heavy atom. The highest BCUT2D eigenvalue weighted by atomic mass is 15.0. The monoisotopic (exact) mass is 1510 g/mol. The van der Waals surface area contributed by atoms with Crippen molar-refractivity contribution in [3.63, 3.8) is 0 Å². The molecule has 8 nitrogen and oxygen atoms in total. The number of hydrogen-bond acceptors (Lipinski definition) is 4. The Morgan fingerprint density at radius 1 is 0.186 bits per heavy atom. The first-order valence-electron chi connectivity index (χ1n) is 40.7. The molecule has 22 aromatic rings. The summed E-state index contributed by atoms with van der Waals surface area (Å²) in [6.07, 6.45) is 0. The zero-order valence-corrected chi connectivity index (χ0v) is 65.4. The molecule has 6 heterocycles. The van der Waals surface area contributed by atoms with Gasteiger partial charge in [-0.05, 0) is 189 Å². The number of benzene rings is 16. The van der Waals surface area contributed by atoms with E-state index in [0.717, 1.165) is 123 Å². The van der Waals surface area contributed by atoms with Crippen LogP contribution in [0.5, 0.6) is 0 Å². The molecule has 0 N–H and O–H groups in total. The molecule has 6 aromatic heterocycles. The summed E-state index contributed by atoms with van der Waals surface area (Å²) in [6.45, 7) is 9.33. The van der Waals surface area contributed by atoms with Gasteiger partial charge in [0, 0.05) is 110 Å². The predicted octanol–water partition coefficient (Wildman–Crippen LogP) is 27.9. The Labute approximate surface area is 681 Å². The number of fused-ring (bicyclic) bond motifs is 18. The highest BCUT2D eigenvalue weighted by Crippen LogP contribution is 2.52. The third-order valence-electron chi connectivity index (χ3n) is 25.6. The molecule has 0 spiro atoms. The summed E-state index contributed by atoms with van der Waals surface area (Å²) in [5.74, 6) is 1.37. The lowest BCUT2D eigenvalue weighted by atomic mass is 9.82. The van der Waals surface area contributed by atoms with Crippen molar-refractivity contribution in [2.45, 2.75) is 38.5 Å². The second kappa shape index (κ2) is 25.7. The van der Waals surface area contributed by atoms with Crippen LogP contribution < -0.4 is 0 Å². The van der Waals surface area contributed by atoms with Crippen LogP contribution in [0.15, 0.2) is 376 Å². The van der Waals surface area contributed by atoms with Gasteiger partial charge in [0.05, 0.1) is 66.9 Å². The van der Waals surface area contributed by atoms with Crippen molar-refractivity contribution in [2.24, 2.45) is 0 Å². The molecule has 0 amide bonds. The normalized spacial score (nSPS) is 13.2. The SMILES string of the molecule is CC1(C)c2ccccc2-c2ccc(-c3nc(-c4ccc(-n5c6ccccc6c6ccccc65)cc4)cc(-c4ccc(-n5c6ccccc6c6c(-c7ccc(-n8c9ccccc9c9cc(-c%10cc(-c%11ccc%12c(c%11)c%11ccccc%11n%12-c%11ccccc%11)nc(-c%11ccc%12c(c%11)C(C)(C)c%11ccccc%11-%12)n%10)ccc98)cc7)cccc65)cc4)n3)cc21. The summed E-state index contributed by atoms with van der Waals surface area (Å²) in [7, 11) is 0. The van der Waals surface area contributed by atoms with Gasteiger partial charge < -0.3 is 18.3 Å². The summed E-state index contributed by atoms with van der Waals surface area (Å²) in [6, 6.07) is 137. The summed E-state index contributed by atoms with van der Waals surface area (Å²) < 4.78 is 9.56. The lowest BCUT2D eigenvalue weighted by Gasteiger charge is -2.22. The van der Waals surface area contributed by atoms with Gasteiger partial charge in [0.15, 0.2) is 11.6 Å². The van der Waals surface area contributed by atoms with Crippen LogP contribution in [-0.2, 0) is 10.8 Å². The van der Waals surface area contributed by atoms with Crippen LogP contribution in [0.3, 0.4) is 0 Å². The molecular weight excluding hydrogens is 1430 g/mol. The highest BCUT2D eigenvalue weighted by Gasteiger charge is 2.37. The molecule has 0 saturated carbocycles. The summed E-state index contributed by atoms with van der Waals surface area (Å²) in [5, 5.41) is 9.54. The number of rotatable bonds is 11. The maximum absolute atomic E-state index is 5.57. The summed E-state index contributed by atoms with van der Waals surface area (Å²) in [4.78, 5) is 22.0. The minimum atomic E-state index is -0.196. The largest absolute Gasteiger partial charge is 0.309 e. The van der Waals surface area contributed by atoms with Crippen molar-refractivity contribution in [3.8, 4) is 124 Å². The first kappa shape index (κ1) is 67.4. The van der Waals surface area contributed by atoms with E-state index in [-0.39, 0.29) is 10.8 Å². The number of aromatic nitrogens is 8. The van der Waals surface area contributed by atoms with Gasteiger partial charge in [-0.1, -0.05) is 270 Å². The molecule has 2 aliphatic rings. The third kappa shape index (κ3) is 10.2. The fraction of sp³-hybridized carbons (Fsp3) is 0.0545. The fourth-order valence-corrected chi connectivity index (χ4v) is 19.9. The first-order chi connectivity index (χ1) is 58.0. The number of nitrogens with zero attached hydrogens (tertiary/aromatic N) is 8. The molecule has 0 fully saturated rings. The number of para-hydroxylation sites is 6. The van der Waals surface area contributed by atoms with Crippen molar-refractivity contribution < 1.29 is 0 Å². The first-order valence-corrected chi connectivity index (χ1v) is 40.7. The maximum Gasteiger partial charge on any atom is 0.160 e. The van der Waals surface area contributed by atoms with Crippen LogP contribution in [0.25, 0.3) is 211 Å². The van der Waals surface area contributed by atoms with E-state index in [0.29, 0.717) is 11.6 Å². The molecule has 2 aliphatic carbocycles. The average Bonchev–Trinajstić information content (AvgIpc) is 1.67. The van der Waals surface area contributed by atoms with Crippen molar-refractivity contribution >= 4 is 87.2 Å². The van der Waals surface area contributed by atoms with E-state index in [1.807, 2.05) is 0 Å². The van der Waals surface area contributed by atoms with Crippen LogP contribution >= 0.6 is 0 Å². The fourth-order valence-electron chi connectivity index (χ4n) is 19.9. The zero-order chi connectivity index (χ0) is 78.2. The summed E-state index contributed by atoms with van der Waals surface area (Å²) >= 11 is 0. The highest BCUT2D eigenvalue weighted by molar-refractivity contribution is 6.17. The molecule has 16 aromatic carbocycles. The van der Waals surface area contributed by atoms with Crippen LogP contribution in [0.4, 0.5) is 0 Å². The van der Waals surface area contributed by atoms with Gasteiger partial charge in [-0.25, -0.2) is 19.9 Å². The zero-order valence-electron chi connectivity index (χ0n) is 65.4. The Kier molecular flexibility index (Phi) is 14.7. The molecule has 0 aliphatic heterocycles. The molecule has 118 heavy (non-hydrogen) atoms. The van der Waals surface area contributed by atoms with Crippen LogP contribution in [0, 0.1) is 0 Å². The molecule has 0 saturated heterocycles. The quantitative estimate of drug-likeness (QED) is 0.129. The van der Waals surface area contributed by atoms with E-state index in [9.17, 15) is 0 Å². The molecule has 0 atom stereocenters. The van der Waals surface area contributed by atoms with Crippen molar-refractivity contribution in [1.29, 1.82) is 0 Å². The lowest BCUT2D eigenvalue weighted by molar-refractivity contribution is 0.660. The van der Waals surface area contributed by atoms with Crippen LogP contribution in [-0.4, -0.2) is 38.2 Å². The second-order valence-electron chi connectivity index (χ2n) is 32.9. The average molecular weight is 1510 g/mol. The van der Waals surface area contributed by atoms with Gasteiger partial charge in [-0.2, -0.15) is 0 Å². The molecule has 554 valence electrons. The van der Waals surface area contributed by atoms with Crippen LogP contribution in [0.2, 0.25) is 0 Å². The predicted molar refractivity (Wildman–Crippen MR) is 488 cm³/mol. The maximum atomic E-state index is 5.57. The Morgan fingerprint density at radius 2 is 0.483 bits per heavy atom. The minimum Gasteiger partial charge on any atom is -0.309 e. The molecule has 8 heteroatoms. The van der Waals surface area contributed by atoms with E-state index in [2.05, 4.69) is 422 Å². The van der Waals surface area contributed by atoms with Crippen LogP contribution in [0.1, 0.15) is 49.9 Å². The number of hydrogen-bond donors (Lipinski definition) is 0. The van der Waals surface area contributed by atoms with Crippen molar-refractivity contribution in [2.75, 3.05) is 0 Å². The molecule has 0 unspecified atom stereocenters. The Hall–Kier alpha value is -15.1. The van der Waals surface area contributed by atoms with Gasteiger partial charge in [0.2, 0.25) is 0 Å². The van der Waals surface area contributed by atoms with E-state index in [1.54, 1.807) is 0 Å². The van der Waals surface area contributed by atoms with E-state index in [4.69, 9.17) is 19.9 Å². The third-order valence-corrected chi connectivity index (χ3v) is 25.6. The van der Waals surface area contributed by atoms with E-state index < -0.39 is 0 Å². The molecule has 0 bridgehead atoms. The Bertz CT molecular complexity index is 7910. The van der Waals surface area contributed by atoms with E-state index >= 15 is 0 Å². The lowest BCUT2D eigenvalue weighted by Crippen LogP contribution is -2.15. The second-order valence-corrected chi connectivity index (χ2v) is 32.9. The topological polar surface area (TPSA) is 71.3 Å².